The molecule has 0 rings (SSSR count). The van der Waals surface area contributed by atoms with E-state index in [4.69, 9.17) is 5.11 Å². The number of amides is 1. The van der Waals surface area contributed by atoms with Gasteiger partial charge in [-0.05, 0) is 0 Å². The van der Waals surface area contributed by atoms with Crippen LogP contribution in [0.4, 0.5) is 0 Å². The third-order valence-corrected chi connectivity index (χ3v) is 0.707. The second-order valence-corrected chi connectivity index (χ2v) is 1.23. The van der Waals surface area contributed by atoms with E-state index < -0.39 is 0 Å². The van der Waals surface area contributed by atoms with Crippen molar-refractivity contribution in [1.29, 1.82) is 0 Å². The summed E-state index contributed by atoms with van der Waals surface area (Å²) in [4.78, 5) is 10.1. The number of nitrogens with one attached hydrogen (secondary N) is 1. The fourth-order valence-corrected chi connectivity index (χ4v) is 0.256. The van der Waals surface area contributed by atoms with Gasteiger partial charge in [-0.1, -0.05) is 0 Å². The molecule has 0 saturated carbocycles. The maximum Gasteiger partial charge on any atom is 0.231 e. The maximum atomic E-state index is 10.1. The first-order chi connectivity index (χ1) is 3.31. The number of carbonyl (C=O) groups is 1. The van der Waals surface area contributed by atoms with E-state index in [0.29, 0.717) is 0 Å². The molecule has 0 aliphatic carbocycles. The van der Waals surface area contributed by atoms with Gasteiger partial charge in [-0.2, -0.15) is 12.6 Å². The Labute approximate surface area is 47.1 Å². The van der Waals surface area contributed by atoms with Crippen LogP contribution in [0.15, 0.2) is 0 Å². The Bertz CT molecular complexity index is 66.0. The second-order valence-electron chi connectivity index (χ2n) is 0.916. The van der Waals surface area contributed by atoms with Gasteiger partial charge in [0.2, 0.25) is 5.91 Å². The van der Waals surface area contributed by atoms with Crippen molar-refractivity contribution in [1.82, 2.24) is 5.32 Å². The smallest absolute Gasteiger partial charge is 0.231 e. The van der Waals surface area contributed by atoms with Crippen LogP contribution in [0.3, 0.4) is 0 Å². The van der Waals surface area contributed by atoms with Crippen LogP contribution >= 0.6 is 12.6 Å². The number of rotatable bonds is 2. The van der Waals surface area contributed by atoms with Crippen LogP contribution < -0.4 is 5.32 Å². The molecule has 0 aromatic heterocycles. The van der Waals surface area contributed by atoms with Crippen molar-refractivity contribution in [2.24, 2.45) is 0 Å². The first-order valence-electron chi connectivity index (χ1n) is 1.79. The molecule has 3 nitrogen and oxygen atoms in total. The zero-order chi connectivity index (χ0) is 5.70. The Kier molecular flexibility index (Phi) is 3.83. The van der Waals surface area contributed by atoms with E-state index in [2.05, 4.69) is 17.9 Å². The van der Waals surface area contributed by atoms with Crippen LogP contribution in [-0.4, -0.2) is 23.5 Å². The van der Waals surface area contributed by atoms with E-state index in [-0.39, 0.29) is 18.4 Å². The zero-order valence-electron chi connectivity index (χ0n) is 3.72. The molecular formula is C3H7NO2S. The fourth-order valence-electron chi connectivity index (χ4n) is 0.144. The third kappa shape index (κ3) is 3.61. The van der Waals surface area contributed by atoms with Crippen molar-refractivity contribution in [2.45, 2.75) is 0 Å². The van der Waals surface area contributed by atoms with E-state index in [0.717, 1.165) is 0 Å². The quantitative estimate of drug-likeness (QED) is 0.323. The van der Waals surface area contributed by atoms with Crippen molar-refractivity contribution >= 4 is 18.5 Å². The number of hydrogen-bond acceptors (Lipinski definition) is 3. The van der Waals surface area contributed by atoms with Gasteiger partial charge < -0.3 is 10.4 Å². The average molecular weight is 121 g/mol. The minimum atomic E-state index is -0.306. The second kappa shape index (κ2) is 3.95. The molecule has 0 aromatic rings. The average Bonchev–Trinajstić information content (AvgIpc) is 1.68. The molecule has 7 heavy (non-hydrogen) atoms. The lowest BCUT2D eigenvalue weighted by atomic mass is 10.7. The number of aliphatic hydroxyl groups excluding tert-OH is 1. The minimum Gasteiger partial charge on any atom is -0.377 e. The lowest BCUT2D eigenvalue weighted by Gasteiger charge is -1.92. The van der Waals surface area contributed by atoms with E-state index in [1.807, 2.05) is 0 Å². The molecule has 0 spiro atoms. The zero-order valence-corrected chi connectivity index (χ0v) is 4.61. The Morgan fingerprint density at radius 2 is 2.43 bits per heavy atom. The third-order valence-electron chi connectivity index (χ3n) is 0.420. The molecule has 0 aromatic carbocycles. The molecule has 0 saturated heterocycles. The van der Waals surface area contributed by atoms with E-state index in [1.165, 1.54) is 0 Å². The molecule has 0 heterocycles. The minimum absolute atomic E-state index is 0.126. The molecule has 0 radical (unpaired) electrons. The monoisotopic (exact) mass is 121 g/mol. The summed E-state index contributed by atoms with van der Waals surface area (Å²) in [6.45, 7) is -0.306. The molecule has 2 N–H and O–H groups in total. The number of hydrogen-bond donors (Lipinski definition) is 3. The lowest BCUT2D eigenvalue weighted by Crippen LogP contribution is -2.24. The van der Waals surface area contributed by atoms with Gasteiger partial charge in [0, 0.05) is 0 Å². The van der Waals surface area contributed by atoms with Gasteiger partial charge >= 0.3 is 0 Å². The number of carbonyl (C=O) groups excluding carboxylic acids is 1. The molecule has 42 valence electrons. The van der Waals surface area contributed by atoms with Gasteiger partial charge in [-0.15, -0.1) is 0 Å². The highest BCUT2D eigenvalue weighted by atomic mass is 32.1. The fraction of sp³-hybridized carbons (Fsp3) is 0.667. The summed E-state index contributed by atoms with van der Waals surface area (Å²) in [5.41, 5.74) is 0. The normalized spacial score (nSPS) is 8.29. The highest BCUT2D eigenvalue weighted by molar-refractivity contribution is 7.81. The van der Waals surface area contributed by atoms with Crippen molar-refractivity contribution in [3.8, 4) is 0 Å². The summed E-state index contributed by atoms with van der Waals surface area (Å²) < 4.78 is 0. The maximum absolute atomic E-state index is 10.1. The van der Waals surface area contributed by atoms with Crippen molar-refractivity contribution < 1.29 is 9.90 Å². The van der Waals surface area contributed by atoms with Crippen LogP contribution in [0.5, 0.6) is 0 Å². The van der Waals surface area contributed by atoms with Crippen LogP contribution in [0, 0.1) is 0 Å². The standard InChI is InChI=1S/C3H7NO2S/c5-2-4-3(6)1-7/h5,7H,1-2H2,(H,4,6). The van der Waals surface area contributed by atoms with Gasteiger partial charge in [-0.25, -0.2) is 0 Å². The predicted molar refractivity (Wildman–Crippen MR) is 29.1 cm³/mol. The van der Waals surface area contributed by atoms with E-state index in [1.54, 1.807) is 0 Å². The molecule has 0 atom stereocenters. The molecule has 1 amide bonds. The van der Waals surface area contributed by atoms with Crippen LogP contribution in [0.1, 0.15) is 0 Å². The Morgan fingerprint density at radius 3 is 2.57 bits per heavy atom. The Balaban J connectivity index is 3.00. The van der Waals surface area contributed by atoms with Crippen molar-refractivity contribution in [3.63, 3.8) is 0 Å². The lowest BCUT2D eigenvalue weighted by molar-refractivity contribution is -0.119. The highest BCUT2D eigenvalue weighted by Gasteiger charge is 1.89. The van der Waals surface area contributed by atoms with E-state index in [9.17, 15) is 4.79 Å². The topological polar surface area (TPSA) is 49.3 Å². The van der Waals surface area contributed by atoms with Gasteiger partial charge in [0.1, 0.15) is 6.73 Å². The van der Waals surface area contributed by atoms with Crippen molar-refractivity contribution in [3.05, 3.63) is 0 Å². The van der Waals surface area contributed by atoms with Gasteiger partial charge in [0.05, 0.1) is 5.75 Å². The molecule has 0 fully saturated rings. The molecule has 0 unspecified atom stereocenters. The van der Waals surface area contributed by atoms with Crippen LogP contribution in [-0.2, 0) is 4.79 Å². The molecule has 0 aliphatic rings. The van der Waals surface area contributed by atoms with E-state index >= 15 is 0 Å². The van der Waals surface area contributed by atoms with Crippen LogP contribution in [0.2, 0.25) is 0 Å². The number of thiol groups is 1. The SMILES string of the molecule is O=C(CS)NCO. The summed E-state index contributed by atoms with van der Waals surface area (Å²) in [5.74, 6) is -0.133. The largest absolute Gasteiger partial charge is 0.377 e. The summed E-state index contributed by atoms with van der Waals surface area (Å²) in [6.07, 6.45) is 0. The predicted octanol–water partition coefficient (Wildman–Crippen LogP) is -1.02. The van der Waals surface area contributed by atoms with Gasteiger partial charge in [0.25, 0.3) is 0 Å². The summed E-state index contributed by atoms with van der Waals surface area (Å²) >= 11 is 3.63. The summed E-state index contributed by atoms with van der Waals surface area (Å²) in [7, 11) is 0. The molecular weight excluding hydrogens is 114 g/mol. The summed E-state index contributed by atoms with van der Waals surface area (Å²) in [5, 5.41) is 10.1. The Hall–Kier alpha value is -0.220. The van der Waals surface area contributed by atoms with Gasteiger partial charge in [0.15, 0.2) is 0 Å². The molecule has 0 bridgehead atoms. The van der Waals surface area contributed by atoms with Crippen LogP contribution in [0.25, 0.3) is 0 Å². The summed E-state index contributed by atoms with van der Waals surface area (Å²) in [6, 6.07) is 0. The molecule has 4 heteroatoms. The first-order valence-corrected chi connectivity index (χ1v) is 2.43. The molecule has 0 aliphatic heterocycles. The first kappa shape index (κ1) is 6.78. The highest BCUT2D eigenvalue weighted by Crippen LogP contribution is 1.69. The van der Waals surface area contributed by atoms with Crippen molar-refractivity contribution in [2.75, 3.05) is 12.5 Å². The van der Waals surface area contributed by atoms with Gasteiger partial charge in [-0.3, -0.25) is 4.79 Å². The Morgan fingerprint density at radius 1 is 1.86 bits per heavy atom. The number of aliphatic hydroxyl groups is 1.